The molecule has 0 fully saturated rings. The van der Waals surface area contributed by atoms with Crippen LogP contribution in [-0.2, 0) is 6.54 Å². The molecule has 0 bridgehead atoms. The fraction of sp³-hybridized carbons (Fsp3) is 0.500. The van der Waals surface area contributed by atoms with Gasteiger partial charge in [-0.2, -0.15) is 5.10 Å². The molecule has 0 spiro atoms. The van der Waals surface area contributed by atoms with E-state index < -0.39 is 6.43 Å². The van der Waals surface area contributed by atoms with Crippen LogP contribution in [0.3, 0.4) is 0 Å². The van der Waals surface area contributed by atoms with Crippen LogP contribution in [0.5, 0.6) is 0 Å². The van der Waals surface area contributed by atoms with Crippen molar-refractivity contribution >= 4 is 5.78 Å². The average Bonchev–Trinajstić information content (AvgIpc) is 2.47. The van der Waals surface area contributed by atoms with E-state index in [1.54, 1.807) is 0 Å². The fourth-order valence-corrected chi connectivity index (χ4v) is 1.03. The molecule has 0 saturated carbocycles. The molecule has 0 aliphatic rings. The molecule has 0 aliphatic heterocycles. The Kier molecular flexibility index (Phi) is 3.11. The molecule has 0 N–H and O–H groups in total. The van der Waals surface area contributed by atoms with Crippen molar-refractivity contribution in [1.82, 2.24) is 9.78 Å². The first-order chi connectivity index (χ1) is 6.11. The standard InChI is InChI=1S/C8H10F2N2O/c1-6(13)7-2-4-11-12(7)5-3-8(9)10/h2,4,8H,3,5H2,1H3. The maximum Gasteiger partial charge on any atom is 0.240 e. The topological polar surface area (TPSA) is 34.9 Å². The Hall–Kier alpha value is -1.26. The SMILES string of the molecule is CC(=O)c1ccnn1CCC(F)F. The van der Waals surface area contributed by atoms with Gasteiger partial charge >= 0.3 is 0 Å². The van der Waals surface area contributed by atoms with E-state index in [9.17, 15) is 13.6 Å². The van der Waals surface area contributed by atoms with Crippen LogP contribution in [0.25, 0.3) is 0 Å². The van der Waals surface area contributed by atoms with Gasteiger partial charge in [-0.1, -0.05) is 0 Å². The first-order valence-electron chi connectivity index (χ1n) is 3.92. The number of ketones is 1. The van der Waals surface area contributed by atoms with E-state index in [-0.39, 0.29) is 18.7 Å². The zero-order valence-electron chi connectivity index (χ0n) is 7.20. The number of Topliss-reactive ketones (excluding diaryl/α,β-unsaturated/α-hetero) is 1. The number of halogens is 2. The second-order valence-electron chi connectivity index (χ2n) is 2.68. The summed E-state index contributed by atoms with van der Waals surface area (Å²) in [5, 5.41) is 3.77. The summed E-state index contributed by atoms with van der Waals surface area (Å²) in [5.74, 6) is -0.160. The molecule has 1 rings (SSSR count). The highest BCUT2D eigenvalue weighted by molar-refractivity contribution is 5.92. The Bertz CT molecular complexity index is 296. The van der Waals surface area contributed by atoms with E-state index in [2.05, 4.69) is 5.10 Å². The highest BCUT2D eigenvalue weighted by Crippen LogP contribution is 2.05. The third-order valence-electron chi connectivity index (χ3n) is 1.64. The first-order valence-corrected chi connectivity index (χ1v) is 3.92. The second-order valence-corrected chi connectivity index (χ2v) is 2.68. The van der Waals surface area contributed by atoms with Crippen molar-refractivity contribution in [2.45, 2.75) is 26.3 Å². The van der Waals surface area contributed by atoms with Crippen LogP contribution in [0.2, 0.25) is 0 Å². The molecule has 5 heteroatoms. The molecule has 0 radical (unpaired) electrons. The van der Waals surface area contributed by atoms with Gasteiger partial charge in [0.2, 0.25) is 6.43 Å². The van der Waals surface area contributed by atoms with Crippen LogP contribution < -0.4 is 0 Å². The van der Waals surface area contributed by atoms with Crippen molar-refractivity contribution in [1.29, 1.82) is 0 Å². The lowest BCUT2D eigenvalue weighted by Gasteiger charge is -2.03. The Balaban J connectivity index is 2.65. The maximum absolute atomic E-state index is 11.8. The van der Waals surface area contributed by atoms with E-state index in [0.717, 1.165) is 0 Å². The quantitative estimate of drug-likeness (QED) is 0.674. The number of carbonyl (C=O) groups is 1. The number of rotatable bonds is 4. The molecule has 0 atom stereocenters. The van der Waals surface area contributed by atoms with E-state index in [0.29, 0.717) is 5.69 Å². The van der Waals surface area contributed by atoms with E-state index in [1.807, 2.05) is 0 Å². The minimum Gasteiger partial charge on any atom is -0.293 e. The van der Waals surface area contributed by atoms with Gasteiger partial charge in [0.05, 0.1) is 0 Å². The molecule has 0 aliphatic carbocycles. The van der Waals surface area contributed by atoms with Crippen LogP contribution >= 0.6 is 0 Å². The molecule has 1 heterocycles. The second kappa shape index (κ2) is 4.11. The van der Waals surface area contributed by atoms with Gasteiger partial charge in [0.1, 0.15) is 5.69 Å². The maximum atomic E-state index is 11.8. The number of hydrogen-bond donors (Lipinski definition) is 0. The van der Waals surface area contributed by atoms with Crippen molar-refractivity contribution in [3.05, 3.63) is 18.0 Å². The Morgan fingerprint density at radius 3 is 2.92 bits per heavy atom. The number of aromatic nitrogens is 2. The number of alkyl halides is 2. The number of carbonyl (C=O) groups excluding carboxylic acids is 1. The van der Waals surface area contributed by atoms with Crippen LogP contribution in [0.4, 0.5) is 8.78 Å². The lowest BCUT2D eigenvalue weighted by Crippen LogP contribution is -2.10. The summed E-state index contributed by atoms with van der Waals surface area (Å²) in [6.07, 6.45) is -1.20. The van der Waals surface area contributed by atoms with Crippen LogP contribution in [0.1, 0.15) is 23.8 Å². The van der Waals surface area contributed by atoms with Crippen molar-refractivity contribution in [2.24, 2.45) is 0 Å². The lowest BCUT2D eigenvalue weighted by molar-refractivity contribution is 0.0994. The summed E-state index contributed by atoms with van der Waals surface area (Å²) in [4.78, 5) is 10.9. The van der Waals surface area contributed by atoms with Gasteiger partial charge in [0.25, 0.3) is 0 Å². The minimum atomic E-state index is -2.36. The normalized spacial score (nSPS) is 10.8. The summed E-state index contributed by atoms with van der Waals surface area (Å²) < 4.78 is 25.0. The largest absolute Gasteiger partial charge is 0.293 e. The fourth-order valence-electron chi connectivity index (χ4n) is 1.03. The van der Waals surface area contributed by atoms with Gasteiger partial charge in [-0.15, -0.1) is 0 Å². The number of aryl methyl sites for hydroxylation is 1. The summed E-state index contributed by atoms with van der Waals surface area (Å²) >= 11 is 0. The molecule has 0 aromatic carbocycles. The van der Waals surface area contributed by atoms with Crippen LogP contribution in [0.15, 0.2) is 12.3 Å². The third kappa shape index (κ3) is 2.61. The summed E-state index contributed by atoms with van der Waals surface area (Å²) in [6.45, 7) is 1.47. The molecule has 13 heavy (non-hydrogen) atoms. The number of hydrogen-bond acceptors (Lipinski definition) is 2. The molecule has 0 unspecified atom stereocenters. The van der Waals surface area contributed by atoms with Gasteiger partial charge in [0.15, 0.2) is 5.78 Å². The van der Waals surface area contributed by atoms with Gasteiger partial charge < -0.3 is 0 Å². The number of nitrogens with zero attached hydrogens (tertiary/aromatic N) is 2. The highest BCUT2D eigenvalue weighted by Gasteiger charge is 2.09. The predicted molar refractivity (Wildman–Crippen MR) is 42.9 cm³/mol. The summed E-state index contributed by atoms with van der Waals surface area (Å²) in [5.41, 5.74) is 0.376. The Labute approximate surface area is 74.4 Å². The monoisotopic (exact) mass is 188 g/mol. The van der Waals surface area contributed by atoms with E-state index >= 15 is 0 Å². The zero-order chi connectivity index (χ0) is 9.84. The van der Waals surface area contributed by atoms with Crippen LogP contribution in [-0.4, -0.2) is 22.0 Å². The Morgan fingerprint density at radius 2 is 2.38 bits per heavy atom. The predicted octanol–water partition coefficient (Wildman–Crippen LogP) is 1.74. The van der Waals surface area contributed by atoms with Gasteiger partial charge in [-0.05, 0) is 6.07 Å². The highest BCUT2D eigenvalue weighted by atomic mass is 19.3. The molecule has 3 nitrogen and oxygen atoms in total. The lowest BCUT2D eigenvalue weighted by atomic mass is 10.3. The molecule has 1 aromatic heterocycles. The smallest absolute Gasteiger partial charge is 0.240 e. The molecular weight excluding hydrogens is 178 g/mol. The van der Waals surface area contributed by atoms with E-state index in [4.69, 9.17) is 0 Å². The third-order valence-corrected chi connectivity index (χ3v) is 1.64. The molecule has 0 amide bonds. The van der Waals surface area contributed by atoms with Gasteiger partial charge in [-0.25, -0.2) is 8.78 Å². The van der Waals surface area contributed by atoms with Gasteiger partial charge in [-0.3, -0.25) is 9.48 Å². The van der Waals surface area contributed by atoms with E-state index in [1.165, 1.54) is 23.9 Å². The molecule has 72 valence electrons. The summed E-state index contributed by atoms with van der Waals surface area (Å²) in [7, 11) is 0. The van der Waals surface area contributed by atoms with Crippen molar-refractivity contribution in [2.75, 3.05) is 0 Å². The first kappa shape index (κ1) is 9.83. The van der Waals surface area contributed by atoms with Crippen molar-refractivity contribution < 1.29 is 13.6 Å². The molecule has 0 saturated heterocycles. The molecule has 1 aromatic rings. The summed E-state index contributed by atoms with van der Waals surface area (Å²) in [6, 6.07) is 1.52. The minimum absolute atomic E-state index is 0.0829. The zero-order valence-corrected chi connectivity index (χ0v) is 7.20. The van der Waals surface area contributed by atoms with Crippen molar-refractivity contribution in [3.63, 3.8) is 0 Å². The van der Waals surface area contributed by atoms with Crippen LogP contribution in [0, 0.1) is 0 Å². The van der Waals surface area contributed by atoms with Crippen molar-refractivity contribution in [3.8, 4) is 0 Å². The molecular formula is C8H10F2N2O. The average molecular weight is 188 g/mol. The van der Waals surface area contributed by atoms with Gasteiger partial charge in [0, 0.05) is 26.1 Å². The Morgan fingerprint density at radius 1 is 1.69 bits per heavy atom.